The number of fused-ring (bicyclic) bond motifs is 1. The van der Waals surface area contributed by atoms with Gasteiger partial charge in [0.25, 0.3) is 0 Å². The van der Waals surface area contributed by atoms with E-state index in [4.69, 9.17) is 4.74 Å². The minimum atomic E-state index is -0.653. The molecule has 0 unspecified atom stereocenters. The molecule has 140 valence electrons. The fourth-order valence-corrected chi connectivity index (χ4v) is 3.56. The second-order valence-corrected chi connectivity index (χ2v) is 6.71. The highest BCUT2D eigenvalue weighted by Gasteiger charge is 2.35. The summed E-state index contributed by atoms with van der Waals surface area (Å²) in [7, 11) is 0. The lowest BCUT2D eigenvalue weighted by atomic mass is 9.88. The summed E-state index contributed by atoms with van der Waals surface area (Å²) < 4.78 is 19.4. The van der Waals surface area contributed by atoms with Crippen molar-refractivity contribution in [2.75, 3.05) is 18.4 Å². The first-order chi connectivity index (χ1) is 13.1. The molecule has 2 aliphatic heterocycles. The van der Waals surface area contributed by atoms with Gasteiger partial charge < -0.3 is 15.0 Å². The van der Waals surface area contributed by atoms with Gasteiger partial charge in [0.15, 0.2) is 0 Å². The lowest BCUT2D eigenvalue weighted by molar-refractivity contribution is -0.136. The molecule has 2 aliphatic rings. The largest absolute Gasteiger partial charge is 0.460 e. The normalized spacial score (nSPS) is 20.0. The van der Waals surface area contributed by atoms with Crippen LogP contribution in [0.15, 0.2) is 36.7 Å². The second kappa shape index (κ2) is 7.30. The van der Waals surface area contributed by atoms with Crippen molar-refractivity contribution in [2.45, 2.75) is 31.3 Å². The molecule has 0 bridgehead atoms. The molecule has 8 heteroatoms. The van der Waals surface area contributed by atoms with Crippen LogP contribution in [-0.4, -0.2) is 45.9 Å². The number of hydrogen-bond acceptors (Lipinski definition) is 5. The molecule has 3 heterocycles. The zero-order valence-electron chi connectivity index (χ0n) is 14.6. The van der Waals surface area contributed by atoms with Crippen molar-refractivity contribution >= 4 is 17.5 Å². The molecule has 0 radical (unpaired) electrons. The number of amides is 2. The van der Waals surface area contributed by atoms with E-state index in [1.165, 1.54) is 18.2 Å². The molecule has 2 amide bonds. The van der Waals surface area contributed by atoms with Crippen LogP contribution in [-0.2, 0) is 9.59 Å². The minimum Gasteiger partial charge on any atom is -0.460 e. The maximum atomic E-state index is 13.7. The Labute approximate surface area is 155 Å². The highest BCUT2D eigenvalue weighted by molar-refractivity contribution is 6.01. The Hall–Kier alpha value is -3.03. The van der Waals surface area contributed by atoms with Gasteiger partial charge in [-0.25, -0.2) is 14.4 Å². The lowest BCUT2D eigenvalue weighted by Crippen LogP contribution is -2.45. The maximum absolute atomic E-state index is 13.7. The number of halogens is 1. The van der Waals surface area contributed by atoms with Gasteiger partial charge in [-0.05, 0) is 29.8 Å². The van der Waals surface area contributed by atoms with Gasteiger partial charge in [-0.1, -0.05) is 0 Å². The van der Waals surface area contributed by atoms with Crippen molar-refractivity contribution in [1.29, 1.82) is 0 Å². The Balaban J connectivity index is 1.42. The highest BCUT2D eigenvalue weighted by atomic mass is 19.1. The fraction of sp³-hybridized carbons (Fsp3) is 0.368. The van der Waals surface area contributed by atoms with E-state index in [-0.39, 0.29) is 24.3 Å². The van der Waals surface area contributed by atoms with E-state index in [0.717, 1.165) is 0 Å². The molecule has 1 aromatic carbocycles. The van der Waals surface area contributed by atoms with Gasteiger partial charge in [0.1, 0.15) is 11.9 Å². The van der Waals surface area contributed by atoms with E-state index in [1.54, 1.807) is 23.4 Å². The minimum absolute atomic E-state index is 0.0313. The monoisotopic (exact) mass is 370 g/mol. The number of carbonyl (C=O) groups is 2. The van der Waals surface area contributed by atoms with E-state index in [9.17, 15) is 14.0 Å². The summed E-state index contributed by atoms with van der Waals surface area (Å²) in [5, 5.41) is 2.70. The summed E-state index contributed by atoms with van der Waals surface area (Å²) in [6.07, 6.45) is 4.51. The molecule has 7 nitrogen and oxygen atoms in total. The number of hydrogen-bond donors (Lipinski definition) is 1. The predicted octanol–water partition coefficient (Wildman–Crippen LogP) is 2.11. The Kier molecular flexibility index (Phi) is 4.70. The van der Waals surface area contributed by atoms with Crippen molar-refractivity contribution in [2.24, 2.45) is 0 Å². The summed E-state index contributed by atoms with van der Waals surface area (Å²) in [5.41, 5.74) is 1.04. The number of carbonyl (C=O) groups excluding carboxylic acids is 2. The van der Waals surface area contributed by atoms with Crippen LogP contribution in [0.4, 0.5) is 10.1 Å². The number of likely N-dealkylation sites (tertiary alicyclic amines) is 1. The number of nitrogens with zero attached hydrogens (tertiary/aromatic N) is 3. The summed E-state index contributed by atoms with van der Waals surface area (Å²) in [6.45, 7) is 1.03. The van der Waals surface area contributed by atoms with Gasteiger partial charge in [0, 0.05) is 50.4 Å². The quantitative estimate of drug-likeness (QED) is 0.895. The number of anilines is 1. The lowest BCUT2D eigenvalue weighted by Gasteiger charge is -2.35. The first-order valence-electron chi connectivity index (χ1n) is 8.92. The molecule has 0 aliphatic carbocycles. The van der Waals surface area contributed by atoms with E-state index in [1.807, 2.05) is 0 Å². The Bertz CT molecular complexity index is 853. The van der Waals surface area contributed by atoms with Crippen molar-refractivity contribution < 1.29 is 18.7 Å². The average Bonchev–Trinajstić information content (AvgIpc) is 2.68. The molecular formula is C19H19FN4O3. The summed E-state index contributed by atoms with van der Waals surface area (Å²) in [4.78, 5) is 34.8. The van der Waals surface area contributed by atoms with Crippen molar-refractivity contribution in [1.82, 2.24) is 14.9 Å². The number of benzene rings is 1. The van der Waals surface area contributed by atoms with Gasteiger partial charge >= 0.3 is 6.01 Å². The average molecular weight is 370 g/mol. The van der Waals surface area contributed by atoms with Crippen molar-refractivity contribution in [3.05, 3.63) is 48.0 Å². The third-order valence-electron chi connectivity index (χ3n) is 4.92. The van der Waals surface area contributed by atoms with E-state index >= 15 is 0 Å². The van der Waals surface area contributed by atoms with Crippen LogP contribution < -0.4 is 10.1 Å². The zero-order chi connectivity index (χ0) is 18.8. The third-order valence-corrected chi connectivity index (χ3v) is 4.92. The van der Waals surface area contributed by atoms with Gasteiger partial charge in [-0.15, -0.1) is 0 Å². The van der Waals surface area contributed by atoms with E-state index < -0.39 is 11.7 Å². The predicted molar refractivity (Wildman–Crippen MR) is 94.6 cm³/mol. The van der Waals surface area contributed by atoms with E-state index in [0.29, 0.717) is 43.2 Å². The maximum Gasteiger partial charge on any atom is 0.316 e. The molecule has 1 atom stereocenters. The summed E-state index contributed by atoms with van der Waals surface area (Å²) in [5.74, 6) is -1.45. The van der Waals surface area contributed by atoms with Crippen molar-refractivity contribution in [3.63, 3.8) is 0 Å². The highest BCUT2D eigenvalue weighted by Crippen LogP contribution is 2.34. The first kappa shape index (κ1) is 17.4. The molecule has 0 saturated carbocycles. The fourth-order valence-electron chi connectivity index (χ4n) is 3.56. The van der Waals surface area contributed by atoms with Crippen LogP contribution in [0.25, 0.3) is 0 Å². The SMILES string of the molecule is O=C1C[C@@H](C(=O)N2CCC(Oc3ncccn3)CC2)c2cc(F)ccc2N1. The Morgan fingerprint density at radius 2 is 1.96 bits per heavy atom. The molecule has 2 aromatic rings. The van der Waals surface area contributed by atoms with Crippen LogP contribution in [0.5, 0.6) is 6.01 Å². The van der Waals surface area contributed by atoms with Gasteiger partial charge in [0.05, 0.1) is 5.92 Å². The zero-order valence-corrected chi connectivity index (χ0v) is 14.6. The molecular weight excluding hydrogens is 351 g/mol. The van der Waals surface area contributed by atoms with Crippen LogP contribution in [0, 0.1) is 5.82 Å². The van der Waals surface area contributed by atoms with Gasteiger partial charge in [0.2, 0.25) is 11.8 Å². The smallest absolute Gasteiger partial charge is 0.316 e. The van der Waals surface area contributed by atoms with Crippen LogP contribution in [0.1, 0.15) is 30.7 Å². The Morgan fingerprint density at radius 3 is 2.70 bits per heavy atom. The topological polar surface area (TPSA) is 84.4 Å². The van der Waals surface area contributed by atoms with Crippen molar-refractivity contribution in [3.8, 4) is 6.01 Å². The van der Waals surface area contributed by atoms with Gasteiger partial charge in [-0.3, -0.25) is 9.59 Å². The van der Waals surface area contributed by atoms with Crippen LogP contribution in [0.3, 0.4) is 0 Å². The number of nitrogens with one attached hydrogen (secondary N) is 1. The number of aromatic nitrogens is 2. The first-order valence-corrected chi connectivity index (χ1v) is 8.92. The molecule has 1 aromatic heterocycles. The number of piperidine rings is 1. The second-order valence-electron chi connectivity index (χ2n) is 6.71. The summed E-state index contributed by atoms with van der Waals surface area (Å²) in [6, 6.07) is 6.16. The molecule has 4 rings (SSSR count). The standard InChI is InChI=1S/C19H19FN4O3/c20-12-2-3-16-14(10-12)15(11-17(25)23-16)18(26)24-8-4-13(5-9-24)27-19-21-6-1-7-22-19/h1-3,6-7,10,13,15H,4-5,8-9,11H2,(H,23,25)/t15-/m1/s1. The Morgan fingerprint density at radius 1 is 1.22 bits per heavy atom. The van der Waals surface area contributed by atoms with E-state index in [2.05, 4.69) is 15.3 Å². The molecule has 0 spiro atoms. The van der Waals surface area contributed by atoms with Gasteiger partial charge in [-0.2, -0.15) is 0 Å². The molecule has 1 N–H and O–H groups in total. The number of ether oxygens (including phenoxy) is 1. The molecule has 1 saturated heterocycles. The summed E-state index contributed by atoms with van der Waals surface area (Å²) >= 11 is 0. The van der Waals surface area contributed by atoms with Crippen LogP contribution >= 0.6 is 0 Å². The third kappa shape index (κ3) is 3.74. The molecule has 1 fully saturated rings. The number of rotatable bonds is 3. The molecule has 27 heavy (non-hydrogen) atoms. The van der Waals surface area contributed by atoms with Crippen LogP contribution in [0.2, 0.25) is 0 Å².